The number of aliphatic hydroxyl groups excluding tert-OH is 2. The van der Waals surface area contributed by atoms with Crippen LogP contribution >= 0.6 is 0 Å². The lowest BCUT2D eigenvalue weighted by Gasteiger charge is -2.40. The van der Waals surface area contributed by atoms with Crippen LogP contribution in [0.15, 0.2) is 24.8 Å². The van der Waals surface area contributed by atoms with Gasteiger partial charge in [0.2, 0.25) is 0 Å². The van der Waals surface area contributed by atoms with E-state index in [2.05, 4.69) is 6.58 Å². The maximum atomic E-state index is 11.4. The zero-order valence-corrected chi connectivity index (χ0v) is 10.4. The molecule has 1 aliphatic heterocycles. The summed E-state index contributed by atoms with van der Waals surface area (Å²) in [7, 11) is 1.41. The van der Waals surface area contributed by atoms with Crippen LogP contribution in [0, 0.1) is 0 Å². The standard InChI is InChI=1S/C12H18O6/c1-4-5-6-8(13)18-11-9(14)12(15)17-7(2)10(11)16-3/h4-7,9-12,14-15H,1H2,2-3H3/t7-,9+,10-,11+,12-/m1/s1. The molecule has 0 saturated carbocycles. The van der Waals surface area contributed by atoms with Crippen molar-refractivity contribution in [3.05, 3.63) is 24.8 Å². The number of carbonyl (C=O) groups excluding carboxylic acids is 1. The molecule has 0 aromatic rings. The monoisotopic (exact) mass is 258 g/mol. The number of allylic oxidation sites excluding steroid dienone is 2. The van der Waals surface area contributed by atoms with E-state index in [0.29, 0.717) is 0 Å². The van der Waals surface area contributed by atoms with Gasteiger partial charge in [-0.3, -0.25) is 0 Å². The van der Waals surface area contributed by atoms with Crippen LogP contribution < -0.4 is 0 Å². The second kappa shape index (κ2) is 6.65. The summed E-state index contributed by atoms with van der Waals surface area (Å²) in [6.07, 6.45) is -0.906. The summed E-state index contributed by atoms with van der Waals surface area (Å²) in [5.74, 6) is -0.651. The van der Waals surface area contributed by atoms with Crippen LogP contribution in [-0.4, -0.2) is 54.0 Å². The summed E-state index contributed by atoms with van der Waals surface area (Å²) >= 11 is 0. The van der Waals surface area contributed by atoms with Gasteiger partial charge < -0.3 is 24.4 Å². The minimum absolute atomic E-state index is 0.505. The van der Waals surface area contributed by atoms with Gasteiger partial charge in [-0.25, -0.2) is 4.79 Å². The highest BCUT2D eigenvalue weighted by Crippen LogP contribution is 2.24. The van der Waals surface area contributed by atoms with Gasteiger partial charge in [0.15, 0.2) is 12.4 Å². The number of rotatable bonds is 4. The van der Waals surface area contributed by atoms with Crippen molar-refractivity contribution in [2.45, 2.75) is 37.6 Å². The Labute approximate surface area is 105 Å². The van der Waals surface area contributed by atoms with Crippen molar-refractivity contribution in [1.82, 2.24) is 0 Å². The fraction of sp³-hybridized carbons (Fsp3) is 0.583. The molecule has 0 aliphatic carbocycles. The van der Waals surface area contributed by atoms with Crippen LogP contribution in [0.1, 0.15) is 6.92 Å². The van der Waals surface area contributed by atoms with Crippen molar-refractivity contribution in [2.75, 3.05) is 7.11 Å². The molecule has 102 valence electrons. The zero-order chi connectivity index (χ0) is 13.7. The van der Waals surface area contributed by atoms with E-state index in [9.17, 15) is 15.0 Å². The third-order valence-electron chi connectivity index (χ3n) is 2.66. The number of esters is 1. The second-order valence-electron chi connectivity index (χ2n) is 3.92. The first kappa shape index (κ1) is 14.8. The molecule has 1 saturated heterocycles. The number of aliphatic hydroxyl groups is 2. The molecule has 2 N–H and O–H groups in total. The summed E-state index contributed by atoms with van der Waals surface area (Å²) in [5, 5.41) is 19.2. The summed E-state index contributed by atoms with van der Waals surface area (Å²) in [6.45, 7) is 5.08. The quantitative estimate of drug-likeness (QED) is 0.411. The van der Waals surface area contributed by atoms with Crippen molar-refractivity contribution < 1.29 is 29.2 Å². The molecular weight excluding hydrogens is 240 g/mol. The van der Waals surface area contributed by atoms with E-state index in [0.717, 1.165) is 0 Å². The lowest BCUT2D eigenvalue weighted by Crippen LogP contribution is -2.58. The molecule has 0 aromatic heterocycles. The van der Waals surface area contributed by atoms with E-state index in [4.69, 9.17) is 14.2 Å². The molecule has 0 spiro atoms. The Kier molecular flexibility index (Phi) is 5.49. The predicted octanol–water partition coefficient (Wildman–Crippen LogP) is -0.247. The fourth-order valence-electron chi connectivity index (χ4n) is 1.78. The first-order valence-corrected chi connectivity index (χ1v) is 5.55. The lowest BCUT2D eigenvalue weighted by molar-refractivity contribution is -0.284. The number of hydrogen-bond donors (Lipinski definition) is 2. The fourth-order valence-corrected chi connectivity index (χ4v) is 1.78. The van der Waals surface area contributed by atoms with Gasteiger partial charge in [-0.05, 0) is 6.92 Å². The first-order chi connectivity index (χ1) is 8.51. The van der Waals surface area contributed by atoms with Crippen LogP contribution in [-0.2, 0) is 19.0 Å². The smallest absolute Gasteiger partial charge is 0.331 e. The van der Waals surface area contributed by atoms with E-state index in [-0.39, 0.29) is 0 Å². The van der Waals surface area contributed by atoms with Gasteiger partial charge in [-0.1, -0.05) is 18.7 Å². The number of ether oxygens (including phenoxy) is 3. The van der Waals surface area contributed by atoms with Crippen molar-refractivity contribution in [3.8, 4) is 0 Å². The minimum atomic E-state index is -1.41. The predicted molar refractivity (Wildman–Crippen MR) is 62.6 cm³/mol. The number of methoxy groups -OCH3 is 1. The first-order valence-electron chi connectivity index (χ1n) is 5.55. The average molecular weight is 258 g/mol. The molecule has 6 nitrogen and oxygen atoms in total. The summed E-state index contributed by atoms with van der Waals surface area (Å²) in [6, 6.07) is 0. The molecule has 18 heavy (non-hydrogen) atoms. The van der Waals surface area contributed by atoms with Crippen LogP contribution in [0.4, 0.5) is 0 Å². The SMILES string of the molecule is C=CC=CC(=O)O[C@H]1[C@H](O)[C@H](O)O[C@H](C)[C@H]1OC. The van der Waals surface area contributed by atoms with Crippen molar-refractivity contribution in [2.24, 2.45) is 0 Å². The zero-order valence-electron chi connectivity index (χ0n) is 10.4. The van der Waals surface area contributed by atoms with Crippen molar-refractivity contribution >= 4 is 5.97 Å². The van der Waals surface area contributed by atoms with E-state index < -0.39 is 36.7 Å². The van der Waals surface area contributed by atoms with Crippen molar-refractivity contribution in [3.63, 3.8) is 0 Å². The largest absolute Gasteiger partial charge is 0.453 e. The normalized spacial score (nSPS) is 36.6. The molecule has 1 heterocycles. The van der Waals surface area contributed by atoms with Gasteiger partial charge in [-0.15, -0.1) is 0 Å². The third-order valence-corrected chi connectivity index (χ3v) is 2.66. The summed E-state index contributed by atoms with van der Waals surface area (Å²) < 4.78 is 15.2. The third kappa shape index (κ3) is 3.39. The molecular formula is C12H18O6. The maximum Gasteiger partial charge on any atom is 0.331 e. The van der Waals surface area contributed by atoms with E-state index in [1.54, 1.807) is 6.92 Å². The Bertz CT molecular complexity index is 327. The number of hydrogen-bond acceptors (Lipinski definition) is 6. The Morgan fingerprint density at radius 3 is 2.61 bits per heavy atom. The highest BCUT2D eigenvalue weighted by molar-refractivity contribution is 5.82. The van der Waals surface area contributed by atoms with Crippen molar-refractivity contribution in [1.29, 1.82) is 0 Å². The van der Waals surface area contributed by atoms with Gasteiger partial charge in [0.1, 0.15) is 12.2 Å². The van der Waals surface area contributed by atoms with Crippen LogP contribution in [0.25, 0.3) is 0 Å². The van der Waals surface area contributed by atoms with E-state index >= 15 is 0 Å². The number of carbonyl (C=O) groups is 1. The van der Waals surface area contributed by atoms with Crippen LogP contribution in [0.2, 0.25) is 0 Å². The lowest BCUT2D eigenvalue weighted by atomic mass is 9.99. The van der Waals surface area contributed by atoms with Gasteiger partial charge in [-0.2, -0.15) is 0 Å². The molecule has 0 radical (unpaired) electrons. The molecule has 0 unspecified atom stereocenters. The Hall–Kier alpha value is -1.21. The van der Waals surface area contributed by atoms with Gasteiger partial charge in [0.25, 0.3) is 0 Å². The Balaban J connectivity index is 2.76. The Morgan fingerprint density at radius 1 is 1.39 bits per heavy atom. The second-order valence-corrected chi connectivity index (χ2v) is 3.92. The van der Waals surface area contributed by atoms with Gasteiger partial charge in [0, 0.05) is 13.2 Å². The Morgan fingerprint density at radius 2 is 2.06 bits per heavy atom. The highest BCUT2D eigenvalue weighted by Gasteiger charge is 2.45. The topological polar surface area (TPSA) is 85.2 Å². The van der Waals surface area contributed by atoms with Crippen LogP contribution in [0.3, 0.4) is 0 Å². The molecule has 0 bridgehead atoms. The molecule has 0 amide bonds. The molecule has 1 aliphatic rings. The van der Waals surface area contributed by atoms with Crippen LogP contribution in [0.5, 0.6) is 0 Å². The molecule has 5 atom stereocenters. The molecule has 0 aromatic carbocycles. The van der Waals surface area contributed by atoms with E-state index in [1.165, 1.54) is 25.3 Å². The highest BCUT2D eigenvalue weighted by atomic mass is 16.7. The summed E-state index contributed by atoms with van der Waals surface area (Å²) in [5.41, 5.74) is 0. The minimum Gasteiger partial charge on any atom is -0.453 e. The van der Waals surface area contributed by atoms with Gasteiger partial charge in [0.05, 0.1) is 6.10 Å². The summed E-state index contributed by atoms with van der Waals surface area (Å²) in [4.78, 5) is 11.4. The molecule has 1 fully saturated rings. The maximum absolute atomic E-state index is 11.4. The average Bonchev–Trinajstić information content (AvgIpc) is 2.33. The van der Waals surface area contributed by atoms with E-state index in [1.807, 2.05) is 0 Å². The molecule has 1 rings (SSSR count). The van der Waals surface area contributed by atoms with Gasteiger partial charge >= 0.3 is 5.97 Å². The molecule has 6 heteroatoms.